The van der Waals surface area contributed by atoms with Crippen molar-refractivity contribution < 1.29 is 14.6 Å². The zero-order chi connectivity index (χ0) is 11.4. The van der Waals surface area contributed by atoms with Gasteiger partial charge < -0.3 is 14.6 Å². The van der Waals surface area contributed by atoms with Gasteiger partial charge >= 0.3 is 0 Å². The highest BCUT2D eigenvalue weighted by molar-refractivity contribution is 4.64. The highest BCUT2D eigenvalue weighted by atomic mass is 16.5. The Kier molecular flexibility index (Phi) is 11.4. The van der Waals surface area contributed by atoms with Crippen molar-refractivity contribution in [1.82, 2.24) is 0 Å². The average Bonchev–Trinajstić information content (AvgIpc) is 2.23. The first kappa shape index (κ1) is 14.6. The van der Waals surface area contributed by atoms with Crippen molar-refractivity contribution >= 4 is 0 Å². The van der Waals surface area contributed by atoms with Crippen LogP contribution >= 0.6 is 0 Å². The second-order valence-electron chi connectivity index (χ2n) is 3.62. The van der Waals surface area contributed by atoms with E-state index in [1.54, 1.807) is 6.08 Å². The van der Waals surface area contributed by atoms with E-state index < -0.39 is 6.10 Å². The van der Waals surface area contributed by atoms with Gasteiger partial charge in [-0.2, -0.15) is 0 Å². The van der Waals surface area contributed by atoms with Gasteiger partial charge in [0.2, 0.25) is 0 Å². The van der Waals surface area contributed by atoms with Crippen LogP contribution in [0.2, 0.25) is 0 Å². The Labute approximate surface area is 93.1 Å². The van der Waals surface area contributed by atoms with Crippen molar-refractivity contribution in [2.45, 2.75) is 38.7 Å². The number of rotatable bonds is 11. The fraction of sp³-hybridized carbons (Fsp3) is 0.833. The molecule has 0 aromatic carbocycles. The van der Waals surface area contributed by atoms with Crippen LogP contribution in [-0.4, -0.2) is 37.6 Å². The zero-order valence-electron chi connectivity index (χ0n) is 9.78. The number of aliphatic hydroxyl groups is 1. The minimum atomic E-state index is -0.517. The monoisotopic (exact) mass is 216 g/mol. The fourth-order valence-corrected chi connectivity index (χ4v) is 1.19. The van der Waals surface area contributed by atoms with Crippen molar-refractivity contribution in [3.63, 3.8) is 0 Å². The molecule has 0 fully saturated rings. The van der Waals surface area contributed by atoms with Gasteiger partial charge in [0.25, 0.3) is 0 Å². The Morgan fingerprint density at radius 1 is 1.20 bits per heavy atom. The summed E-state index contributed by atoms with van der Waals surface area (Å²) in [5.41, 5.74) is 0. The Bertz CT molecular complexity index is 137. The van der Waals surface area contributed by atoms with Gasteiger partial charge in [-0.05, 0) is 6.42 Å². The maximum atomic E-state index is 9.39. The maximum Gasteiger partial charge on any atom is 0.101 e. The summed E-state index contributed by atoms with van der Waals surface area (Å²) in [5, 5.41) is 9.39. The molecule has 0 saturated heterocycles. The minimum absolute atomic E-state index is 0.320. The molecule has 3 nitrogen and oxygen atoms in total. The molecule has 3 heteroatoms. The summed E-state index contributed by atoms with van der Waals surface area (Å²) in [6.45, 7) is 7.60. The van der Waals surface area contributed by atoms with Crippen LogP contribution in [0.1, 0.15) is 32.6 Å². The molecule has 0 bridgehead atoms. The van der Waals surface area contributed by atoms with Crippen LogP contribution in [0.25, 0.3) is 0 Å². The molecule has 1 unspecified atom stereocenters. The Hall–Kier alpha value is -0.380. The van der Waals surface area contributed by atoms with E-state index >= 15 is 0 Å². The second-order valence-corrected chi connectivity index (χ2v) is 3.62. The first-order valence-corrected chi connectivity index (χ1v) is 5.75. The summed E-state index contributed by atoms with van der Waals surface area (Å²) in [6, 6.07) is 0. The van der Waals surface area contributed by atoms with Crippen molar-refractivity contribution in [2.75, 3.05) is 26.4 Å². The van der Waals surface area contributed by atoms with E-state index in [-0.39, 0.29) is 0 Å². The zero-order valence-corrected chi connectivity index (χ0v) is 9.78. The number of ether oxygens (including phenoxy) is 2. The predicted octanol–water partition coefficient (Wildman–Crippen LogP) is 2.15. The molecule has 0 aliphatic heterocycles. The summed E-state index contributed by atoms with van der Waals surface area (Å²) >= 11 is 0. The van der Waals surface area contributed by atoms with E-state index in [4.69, 9.17) is 9.47 Å². The van der Waals surface area contributed by atoms with E-state index in [9.17, 15) is 5.11 Å². The van der Waals surface area contributed by atoms with Crippen LogP contribution in [0.15, 0.2) is 12.7 Å². The summed E-state index contributed by atoms with van der Waals surface area (Å²) in [5.74, 6) is 0. The largest absolute Gasteiger partial charge is 0.388 e. The van der Waals surface area contributed by atoms with Crippen LogP contribution in [0.4, 0.5) is 0 Å². The SMILES string of the molecule is C=CCOCC(O)COCCCCCC. The molecule has 0 amide bonds. The molecular weight excluding hydrogens is 192 g/mol. The van der Waals surface area contributed by atoms with E-state index in [1.807, 2.05) is 0 Å². The average molecular weight is 216 g/mol. The van der Waals surface area contributed by atoms with Crippen LogP contribution in [-0.2, 0) is 9.47 Å². The molecule has 1 N–H and O–H groups in total. The highest BCUT2D eigenvalue weighted by Gasteiger charge is 2.03. The Morgan fingerprint density at radius 2 is 1.93 bits per heavy atom. The molecular formula is C12H24O3. The molecule has 0 aliphatic carbocycles. The van der Waals surface area contributed by atoms with Crippen molar-refractivity contribution in [3.8, 4) is 0 Å². The molecule has 15 heavy (non-hydrogen) atoms. The Morgan fingerprint density at radius 3 is 2.60 bits per heavy atom. The van der Waals surface area contributed by atoms with Crippen molar-refractivity contribution in [3.05, 3.63) is 12.7 Å². The van der Waals surface area contributed by atoms with Gasteiger partial charge in [0.1, 0.15) is 6.10 Å². The fourth-order valence-electron chi connectivity index (χ4n) is 1.19. The van der Waals surface area contributed by atoms with Gasteiger partial charge in [-0.25, -0.2) is 0 Å². The van der Waals surface area contributed by atoms with Gasteiger partial charge in [-0.3, -0.25) is 0 Å². The lowest BCUT2D eigenvalue weighted by molar-refractivity contribution is -0.0136. The topological polar surface area (TPSA) is 38.7 Å². The summed E-state index contributed by atoms with van der Waals surface area (Å²) in [7, 11) is 0. The third-order valence-electron chi connectivity index (χ3n) is 2.00. The molecule has 0 aromatic heterocycles. The molecule has 0 aliphatic rings. The van der Waals surface area contributed by atoms with E-state index in [2.05, 4.69) is 13.5 Å². The molecule has 0 heterocycles. The first-order chi connectivity index (χ1) is 7.31. The minimum Gasteiger partial charge on any atom is -0.388 e. The lowest BCUT2D eigenvalue weighted by atomic mass is 10.2. The number of aliphatic hydroxyl groups excluding tert-OH is 1. The maximum absolute atomic E-state index is 9.39. The third kappa shape index (κ3) is 11.5. The summed E-state index contributed by atoms with van der Waals surface area (Å²) in [4.78, 5) is 0. The molecule has 0 saturated carbocycles. The second kappa shape index (κ2) is 11.7. The molecule has 0 aromatic rings. The van der Waals surface area contributed by atoms with Crippen molar-refractivity contribution in [1.29, 1.82) is 0 Å². The molecule has 90 valence electrons. The van der Waals surface area contributed by atoms with E-state index in [0.29, 0.717) is 19.8 Å². The molecule has 0 spiro atoms. The quantitative estimate of drug-likeness (QED) is 0.425. The van der Waals surface area contributed by atoms with Gasteiger partial charge in [-0.1, -0.05) is 32.3 Å². The number of hydrogen-bond acceptors (Lipinski definition) is 3. The van der Waals surface area contributed by atoms with Crippen LogP contribution in [0, 0.1) is 0 Å². The standard InChI is InChI=1S/C12H24O3/c1-3-5-6-7-9-15-11-12(13)10-14-8-4-2/h4,12-13H,2-3,5-11H2,1H3. The van der Waals surface area contributed by atoms with Gasteiger partial charge in [0.15, 0.2) is 0 Å². The van der Waals surface area contributed by atoms with Gasteiger partial charge in [0.05, 0.1) is 19.8 Å². The van der Waals surface area contributed by atoms with Gasteiger partial charge in [-0.15, -0.1) is 6.58 Å². The highest BCUT2D eigenvalue weighted by Crippen LogP contribution is 1.99. The van der Waals surface area contributed by atoms with Crippen molar-refractivity contribution in [2.24, 2.45) is 0 Å². The van der Waals surface area contributed by atoms with E-state index in [1.165, 1.54) is 19.3 Å². The number of unbranched alkanes of at least 4 members (excludes halogenated alkanes) is 3. The van der Waals surface area contributed by atoms with E-state index in [0.717, 1.165) is 13.0 Å². The van der Waals surface area contributed by atoms with Crippen LogP contribution < -0.4 is 0 Å². The summed E-state index contributed by atoms with van der Waals surface area (Å²) in [6.07, 6.45) is 5.93. The Balaban J connectivity index is 3.09. The molecule has 0 rings (SSSR count). The lowest BCUT2D eigenvalue weighted by Crippen LogP contribution is -2.22. The lowest BCUT2D eigenvalue weighted by Gasteiger charge is -2.10. The van der Waals surface area contributed by atoms with Crippen LogP contribution in [0.3, 0.4) is 0 Å². The molecule has 1 atom stereocenters. The predicted molar refractivity (Wildman–Crippen MR) is 62.0 cm³/mol. The normalized spacial score (nSPS) is 12.7. The summed E-state index contributed by atoms with van der Waals surface area (Å²) < 4.78 is 10.4. The smallest absolute Gasteiger partial charge is 0.101 e. The number of hydrogen-bond donors (Lipinski definition) is 1. The molecule has 0 radical (unpaired) electrons. The first-order valence-electron chi connectivity index (χ1n) is 5.75. The van der Waals surface area contributed by atoms with Gasteiger partial charge in [0, 0.05) is 6.61 Å². The third-order valence-corrected chi connectivity index (χ3v) is 2.00. The van der Waals surface area contributed by atoms with Crippen LogP contribution in [0.5, 0.6) is 0 Å².